The molecule has 2 atom stereocenters. The van der Waals surface area contributed by atoms with Gasteiger partial charge in [0.1, 0.15) is 0 Å². The van der Waals surface area contributed by atoms with Crippen molar-refractivity contribution >= 4 is 23.3 Å². The number of fused-ring (bicyclic) bond motifs is 1. The second-order valence-electron chi connectivity index (χ2n) is 5.95. The molecule has 1 aromatic heterocycles. The second kappa shape index (κ2) is 5.72. The molecule has 5 heteroatoms. The summed E-state index contributed by atoms with van der Waals surface area (Å²) in [5.74, 6) is 2.23. The van der Waals surface area contributed by atoms with Crippen LogP contribution in [0.3, 0.4) is 0 Å². The summed E-state index contributed by atoms with van der Waals surface area (Å²) in [6.45, 7) is 2.33. The maximum Gasteiger partial charge on any atom is 0.178 e. The zero-order valence-corrected chi connectivity index (χ0v) is 13.6. The van der Waals surface area contributed by atoms with E-state index in [2.05, 4.69) is 16.5 Å². The van der Waals surface area contributed by atoms with Crippen LogP contribution in [-0.2, 0) is 0 Å². The van der Waals surface area contributed by atoms with Gasteiger partial charge in [-0.2, -0.15) is 0 Å². The molecule has 0 bridgehead atoms. The van der Waals surface area contributed by atoms with E-state index in [1.54, 1.807) is 14.2 Å². The van der Waals surface area contributed by atoms with Crippen LogP contribution in [0.1, 0.15) is 38.6 Å². The Morgan fingerprint density at radius 1 is 1.19 bits per heavy atom. The summed E-state index contributed by atoms with van der Waals surface area (Å²) < 4.78 is 13.9. The van der Waals surface area contributed by atoms with Crippen molar-refractivity contribution in [3.8, 4) is 11.5 Å². The molecule has 3 rings (SSSR count). The molecular weight excluding hydrogens is 284 g/mol. The van der Waals surface area contributed by atoms with E-state index in [-0.39, 0.29) is 0 Å². The first kappa shape index (κ1) is 14.4. The molecule has 2 unspecified atom stereocenters. The standard InChI is InChI=1S/C16H22N2O2S/c1-10-5-4-6-11(7-10)18-13-9-15(20-3)14(19-2)8-12(13)17-16(18)21/h8-11H,4-7H2,1-3H3,(H,17,21). The summed E-state index contributed by atoms with van der Waals surface area (Å²) in [4.78, 5) is 3.31. The fraction of sp³-hybridized carbons (Fsp3) is 0.562. The molecule has 0 radical (unpaired) electrons. The van der Waals surface area contributed by atoms with Crippen LogP contribution in [0.25, 0.3) is 11.0 Å². The number of aromatic nitrogens is 2. The van der Waals surface area contributed by atoms with E-state index in [1.807, 2.05) is 12.1 Å². The average Bonchev–Trinajstić information content (AvgIpc) is 2.80. The summed E-state index contributed by atoms with van der Waals surface area (Å²) in [6, 6.07) is 4.47. The Balaban J connectivity index is 2.13. The largest absolute Gasteiger partial charge is 0.493 e. The smallest absolute Gasteiger partial charge is 0.178 e. The molecule has 0 saturated heterocycles. The molecule has 0 aliphatic heterocycles. The fourth-order valence-electron chi connectivity index (χ4n) is 3.45. The first-order valence-electron chi connectivity index (χ1n) is 7.50. The Kier molecular flexibility index (Phi) is 3.93. The lowest BCUT2D eigenvalue weighted by Crippen LogP contribution is -2.17. The number of methoxy groups -OCH3 is 2. The van der Waals surface area contributed by atoms with Crippen LogP contribution in [-0.4, -0.2) is 23.8 Å². The molecule has 1 N–H and O–H groups in total. The van der Waals surface area contributed by atoms with Crippen molar-refractivity contribution in [2.24, 2.45) is 5.92 Å². The maximum atomic E-state index is 5.56. The van der Waals surface area contributed by atoms with E-state index in [9.17, 15) is 0 Å². The van der Waals surface area contributed by atoms with E-state index in [4.69, 9.17) is 21.7 Å². The minimum atomic E-state index is 0.480. The maximum absolute atomic E-state index is 5.56. The highest BCUT2D eigenvalue weighted by molar-refractivity contribution is 7.71. The van der Waals surface area contributed by atoms with Gasteiger partial charge in [0.25, 0.3) is 0 Å². The summed E-state index contributed by atoms with van der Waals surface area (Å²) in [7, 11) is 3.32. The number of rotatable bonds is 3. The number of hydrogen-bond donors (Lipinski definition) is 1. The highest BCUT2D eigenvalue weighted by Gasteiger charge is 2.23. The fourth-order valence-corrected chi connectivity index (χ4v) is 3.81. The van der Waals surface area contributed by atoms with Crippen molar-refractivity contribution in [1.82, 2.24) is 9.55 Å². The molecule has 1 aromatic carbocycles. The summed E-state index contributed by atoms with van der Waals surface area (Å²) in [5, 5.41) is 0. The molecule has 2 aromatic rings. The molecule has 1 heterocycles. The van der Waals surface area contributed by atoms with Gasteiger partial charge < -0.3 is 19.0 Å². The quantitative estimate of drug-likeness (QED) is 0.851. The molecule has 21 heavy (non-hydrogen) atoms. The molecule has 4 nitrogen and oxygen atoms in total. The molecule has 114 valence electrons. The molecule has 0 spiro atoms. The van der Waals surface area contributed by atoms with Crippen molar-refractivity contribution in [3.05, 3.63) is 16.9 Å². The molecular formula is C16H22N2O2S. The highest BCUT2D eigenvalue weighted by atomic mass is 32.1. The van der Waals surface area contributed by atoms with E-state index in [0.717, 1.165) is 33.2 Å². The third kappa shape index (κ3) is 2.55. The zero-order chi connectivity index (χ0) is 15.0. The third-order valence-electron chi connectivity index (χ3n) is 4.50. The topological polar surface area (TPSA) is 39.2 Å². The van der Waals surface area contributed by atoms with Gasteiger partial charge in [-0.3, -0.25) is 0 Å². The number of nitrogens with one attached hydrogen (secondary N) is 1. The number of imidazole rings is 1. The Morgan fingerprint density at radius 3 is 2.57 bits per heavy atom. The first-order valence-corrected chi connectivity index (χ1v) is 7.91. The number of aromatic amines is 1. The van der Waals surface area contributed by atoms with E-state index in [0.29, 0.717) is 6.04 Å². The van der Waals surface area contributed by atoms with Crippen LogP contribution < -0.4 is 9.47 Å². The lowest BCUT2D eigenvalue weighted by molar-refractivity contribution is 0.285. The van der Waals surface area contributed by atoms with Gasteiger partial charge in [0.05, 0.1) is 25.3 Å². The molecule has 1 aliphatic rings. The van der Waals surface area contributed by atoms with Gasteiger partial charge in [0, 0.05) is 18.2 Å². The normalized spacial score (nSPS) is 22.4. The minimum Gasteiger partial charge on any atom is -0.493 e. The minimum absolute atomic E-state index is 0.480. The van der Waals surface area contributed by atoms with Crippen LogP contribution in [0.2, 0.25) is 0 Å². The monoisotopic (exact) mass is 306 g/mol. The Bertz CT molecular complexity index is 704. The lowest BCUT2D eigenvalue weighted by Gasteiger charge is -2.28. The Labute approximate surface area is 130 Å². The summed E-state index contributed by atoms with van der Waals surface area (Å²) >= 11 is 5.56. The zero-order valence-electron chi connectivity index (χ0n) is 12.8. The molecule has 1 aliphatic carbocycles. The van der Waals surface area contributed by atoms with Gasteiger partial charge in [-0.1, -0.05) is 19.8 Å². The van der Waals surface area contributed by atoms with Crippen molar-refractivity contribution in [2.75, 3.05) is 14.2 Å². The van der Waals surface area contributed by atoms with E-state index < -0.39 is 0 Å². The SMILES string of the molecule is COc1cc2[nH]c(=S)n(C3CCCC(C)C3)c2cc1OC. The molecule has 0 amide bonds. The van der Waals surface area contributed by atoms with Gasteiger partial charge >= 0.3 is 0 Å². The van der Waals surface area contributed by atoms with Crippen LogP contribution in [0, 0.1) is 10.7 Å². The predicted octanol–water partition coefficient (Wildman–Crippen LogP) is 4.47. The Hall–Kier alpha value is -1.49. The van der Waals surface area contributed by atoms with Crippen LogP contribution in [0.15, 0.2) is 12.1 Å². The van der Waals surface area contributed by atoms with Crippen molar-refractivity contribution < 1.29 is 9.47 Å². The number of hydrogen-bond acceptors (Lipinski definition) is 3. The van der Waals surface area contributed by atoms with Gasteiger partial charge in [0.2, 0.25) is 0 Å². The first-order chi connectivity index (χ1) is 10.1. The van der Waals surface area contributed by atoms with Gasteiger partial charge in [-0.15, -0.1) is 0 Å². The van der Waals surface area contributed by atoms with Crippen molar-refractivity contribution in [3.63, 3.8) is 0 Å². The van der Waals surface area contributed by atoms with Gasteiger partial charge in [-0.25, -0.2) is 0 Å². The lowest BCUT2D eigenvalue weighted by atomic mass is 9.87. The van der Waals surface area contributed by atoms with Gasteiger partial charge in [0.15, 0.2) is 16.3 Å². The second-order valence-corrected chi connectivity index (χ2v) is 6.34. The van der Waals surface area contributed by atoms with Crippen LogP contribution in [0.5, 0.6) is 11.5 Å². The number of nitrogens with zero attached hydrogens (tertiary/aromatic N) is 1. The van der Waals surface area contributed by atoms with Crippen LogP contribution >= 0.6 is 12.2 Å². The number of benzene rings is 1. The van der Waals surface area contributed by atoms with E-state index >= 15 is 0 Å². The summed E-state index contributed by atoms with van der Waals surface area (Å²) in [5.41, 5.74) is 2.12. The summed E-state index contributed by atoms with van der Waals surface area (Å²) in [6.07, 6.45) is 4.98. The van der Waals surface area contributed by atoms with Gasteiger partial charge in [-0.05, 0) is 31.0 Å². The van der Waals surface area contributed by atoms with Crippen LogP contribution in [0.4, 0.5) is 0 Å². The van der Waals surface area contributed by atoms with Crippen molar-refractivity contribution in [1.29, 1.82) is 0 Å². The third-order valence-corrected chi connectivity index (χ3v) is 4.79. The Morgan fingerprint density at radius 2 is 1.90 bits per heavy atom. The molecule has 1 fully saturated rings. The highest BCUT2D eigenvalue weighted by Crippen LogP contribution is 2.37. The van der Waals surface area contributed by atoms with Crippen molar-refractivity contribution in [2.45, 2.75) is 38.6 Å². The number of ether oxygens (including phenoxy) is 2. The number of H-pyrrole nitrogens is 1. The molecule has 1 saturated carbocycles. The van der Waals surface area contributed by atoms with E-state index in [1.165, 1.54) is 25.7 Å². The average molecular weight is 306 g/mol. The predicted molar refractivity (Wildman–Crippen MR) is 86.9 cm³/mol.